The summed E-state index contributed by atoms with van der Waals surface area (Å²) >= 11 is 13.3. The Kier molecular flexibility index (Phi) is 5.18. The zero-order chi connectivity index (χ0) is 13.0. The van der Waals surface area contributed by atoms with Gasteiger partial charge in [-0.2, -0.15) is 0 Å². The van der Waals surface area contributed by atoms with E-state index < -0.39 is 0 Å². The van der Waals surface area contributed by atoms with Crippen LogP contribution in [0.3, 0.4) is 0 Å². The Balaban J connectivity index is 1.83. The average molecular weight is 305 g/mol. The predicted molar refractivity (Wildman–Crippen MR) is 76.6 cm³/mol. The SMILES string of the molecule is O=C(CSc1cc(Cl)ccc1Cl)NC1CCNC1. The molecule has 0 radical (unpaired) electrons. The number of benzene rings is 1. The van der Waals surface area contributed by atoms with Crippen LogP contribution in [0.25, 0.3) is 0 Å². The molecule has 1 unspecified atom stereocenters. The third-order valence-corrected chi connectivity index (χ3v) is 4.41. The standard InChI is InChI=1S/C12H14Cl2N2OS/c13-8-1-2-10(14)11(5-8)18-7-12(17)16-9-3-4-15-6-9/h1-2,5,9,15H,3-4,6-7H2,(H,16,17). The summed E-state index contributed by atoms with van der Waals surface area (Å²) in [5.74, 6) is 0.390. The molecule has 98 valence electrons. The molecule has 1 aliphatic heterocycles. The minimum absolute atomic E-state index is 0.0322. The minimum atomic E-state index is 0.0322. The Labute approximate surface area is 121 Å². The highest BCUT2D eigenvalue weighted by atomic mass is 35.5. The Morgan fingerprint density at radius 1 is 1.50 bits per heavy atom. The Bertz CT molecular complexity index is 436. The van der Waals surface area contributed by atoms with E-state index in [0.29, 0.717) is 15.8 Å². The third kappa shape index (κ3) is 4.05. The summed E-state index contributed by atoms with van der Waals surface area (Å²) in [5, 5.41) is 7.44. The van der Waals surface area contributed by atoms with Crippen LogP contribution in [-0.4, -0.2) is 30.8 Å². The Morgan fingerprint density at radius 3 is 3.06 bits per heavy atom. The second-order valence-corrected chi connectivity index (χ2v) is 5.98. The van der Waals surface area contributed by atoms with Gasteiger partial charge in [0.25, 0.3) is 0 Å². The lowest BCUT2D eigenvalue weighted by atomic mass is 10.3. The fourth-order valence-electron chi connectivity index (χ4n) is 1.78. The van der Waals surface area contributed by atoms with Crippen molar-refractivity contribution in [3.8, 4) is 0 Å². The van der Waals surface area contributed by atoms with Crippen molar-refractivity contribution in [2.24, 2.45) is 0 Å². The summed E-state index contributed by atoms with van der Waals surface area (Å²) in [5.41, 5.74) is 0. The molecular weight excluding hydrogens is 291 g/mol. The number of rotatable bonds is 4. The summed E-state index contributed by atoms with van der Waals surface area (Å²) in [6.07, 6.45) is 0.994. The van der Waals surface area contributed by atoms with E-state index in [9.17, 15) is 4.79 Å². The van der Waals surface area contributed by atoms with Crippen LogP contribution in [0.1, 0.15) is 6.42 Å². The van der Waals surface area contributed by atoms with Crippen LogP contribution in [0, 0.1) is 0 Å². The first kappa shape index (κ1) is 14.0. The van der Waals surface area contributed by atoms with Crippen molar-refractivity contribution in [2.75, 3.05) is 18.8 Å². The first-order chi connectivity index (χ1) is 8.65. The second kappa shape index (κ2) is 6.66. The summed E-state index contributed by atoms with van der Waals surface area (Å²) < 4.78 is 0. The zero-order valence-electron chi connectivity index (χ0n) is 9.71. The number of carbonyl (C=O) groups is 1. The monoisotopic (exact) mass is 304 g/mol. The van der Waals surface area contributed by atoms with Gasteiger partial charge in [-0.25, -0.2) is 0 Å². The van der Waals surface area contributed by atoms with E-state index >= 15 is 0 Å². The van der Waals surface area contributed by atoms with E-state index in [-0.39, 0.29) is 11.9 Å². The third-order valence-electron chi connectivity index (χ3n) is 2.68. The van der Waals surface area contributed by atoms with Crippen molar-refractivity contribution < 1.29 is 4.79 Å². The number of hydrogen-bond donors (Lipinski definition) is 2. The summed E-state index contributed by atoms with van der Waals surface area (Å²) in [6.45, 7) is 1.83. The first-order valence-electron chi connectivity index (χ1n) is 5.73. The van der Waals surface area contributed by atoms with Crippen molar-refractivity contribution in [3.05, 3.63) is 28.2 Å². The normalized spacial score (nSPS) is 18.9. The van der Waals surface area contributed by atoms with Crippen LogP contribution in [0.2, 0.25) is 10.0 Å². The molecule has 0 saturated carbocycles. The van der Waals surface area contributed by atoms with Gasteiger partial charge >= 0.3 is 0 Å². The number of halogens is 2. The smallest absolute Gasteiger partial charge is 0.230 e. The van der Waals surface area contributed by atoms with Crippen molar-refractivity contribution in [3.63, 3.8) is 0 Å². The molecule has 1 amide bonds. The second-order valence-electron chi connectivity index (χ2n) is 4.12. The largest absolute Gasteiger partial charge is 0.351 e. The summed E-state index contributed by atoms with van der Waals surface area (Å²) in [6, 6.07) is 5.51. The molecule has 1 aromatic carbocycles. The summed E-state index contributed by atoms with van der Waals surface area (Å²) in [7, 11) is 0. The number of nitrogens with one attached hydrogen (secondary N) is 2. The fraction of sp³-hybridized carbons (Fsp3) is 0.417. The lowest BCUT2D eigenvalue weighted by Crippen LogP contribution is -2.37. The van der Waals surface area contributed by atoms with Gasteiger partial charge in [0.05, 0.1) is 10.8 Å². The molecule has 0 aliphatic carbocycles. The summed E-state index contributed by atoms with van der Waals surface area (Å²) in [4.78, 5) is 12.6. The average Bonchev–Trinajstić information content (AvgIpc) is 2.83. The van der Waals surface area contributed by atoms with Gasteiger partial charge in [-0.15, -0.1) is 11.8 Å². The van der Waals surface area contributed by atoms with E-state index in [1.54, 1.807) is 18.2 Å². The lowest BCUT2D eigenvalue weighted by Gasteiger charge is -2.11. The molecule has 2 N–H and O–H groups in total. The van der Waals surface area contributed by atoms with Crippen LogP contribution in [0.5, 0.6) is 0 Å². The van der Waals surface area contributed by atoms with E-state index in [1.165, 1.54) is 11.8 Å². The zero-order valence-corrected chi connectivity index (χ0v) is 12.0. The highest BCUT2D eigenvalue weighted by Gasteiger charge is 2.16. The molecule has 3 nitrogen and oxygen atoms in total. The molecule has 1 heterocycles. The minimum Gasteiger partial charge on any atom is -0.351 e. The van der Waals surface area contributed by atoms with Gasteiger partial charge in [-0.05, 0) is 31.2 Å². The van der Waals surface area contributed by atoms with E-state index in [0.717, 1.165) is 24.4 Å². The van der Waals surface area contributed by atoms with Crippen molar-refractivity contribution in [1.29, 1.82) is 0 Å². The molecule has 0 aromatic heterocycles. The van der Waals surface area contributed by atoms with Crippen molar-refractivity contribution >= 4 is 40.9 Å². The van der Waals surface area contributed by atoms with E-state index in [1.807, 2.05) is 0 Å². The highest BCUT2D eigenvalue weighted by molar-refractivity contribution is 8.00. The molecule has 1 aromatic rings. The van der Waals surface area contributed by atoms with Crippen molar-refractivity contribution in [1.82, 2.24) is 10.6 Å². The number of thioether (sulfide) groups is 1. The van der Waals surface area contributed by atoms with Gasteiger partial charge in [0.1, 0.15) is 0 Å². The lowest BCUT2D eigenvalue weighted by molar-refractivity contribution is -0.119. The molecule has 1 aliphatic rings. The maximum Gasteiger partial charge on any atom is 0.230 e. The molecular formula is C12H14Cl2N2OS. The van der Waals surface area contributed by atoms with E-state index in [2.05, 4.69) is 10.6 Å². The van der Waals surface area contributed by atoms with Gasteiger partial charge in [0.2, 0.25) is 5.91 Å². The predicted octanol–water partition coefficient (Wildman–Crippen LogP) is 2.56. The Hall–Kier alpha value is -0.420. The van der Waals surface area contributed by atoms with Crippen LogP contribution < -0.4 is 10.6 Å². The van der Waals surface area contributed by atoms with E-state index in [4.69, 9.17) is 23.2 Å². The molecule has 1 atom stereocenters. The quantitative estimate of drug-likeness (QED) is 0.840. The van der Waals surface area contributed by atoms with Gasteiger partial charge in [0.15, 0.2) is 0 Å². The molecule has 18 heavy (non-hydrogen) atoms. The topological polar surface area (TPSA) is 41.1 Å². The van der Waals surface area contributed by atoms with Gasteiger partial charge in [-0.1, -0.05) is 23.2 Å². The highest BCUT2D eigenvalue weighted by Crippen LogP contribution is 2.29. The van der Waals surface area contributed by atoms with Crippen LogP contribution in [0.15, 0.2) is 23.1 Å². The van der Waals surface area contributed by atoms with Crippen LogP contribution in [-0.2, 0) is 4.79 Å². The van der Waals surface area contributed by atoms with Crippen molar-refractivity contribution in [2.45, 2.75) is 17.4 Å². The fourth-order valence-corrected chi connectivity index (χ4v) is 3.08. The van der Waals surface area contributed by atoms with Gasteiger partial charge in [0, 0.05) is 22.5 Å². The van der Waals surface area contributed by atoms with Crippen LogP contribution in [0.4, 0.5) is 0 Å². The number of hydrogen-bond acceptors (Lipinski definition) is 3. The molecule has 2 rings (SSSR count). The molecule has 1 saturated heterocycles. The molecule has 0 bridgehead atoms. The van der Waals surface area contributed by atoms with Crippen LogP contribution >= 0.6 is 35.0 Å². The number of carbonyl (C=O) groups excluding carboxylic acids is 1. The molecule has 6 heteroatoms. The number of amides is 1. The Morgan fingerprint density at radius 2 is 2.33 bits per heavy atom. The molecule has 0 spiro atoms. The first-order valence-corrected chi connectivity index (χ1v) is 7.47. The maximum atomic E-state index is 11.7. The molecule has 1 fully saturated rings. The van der Waals surface area contributed by atoms with Gasteiger partial charge in [-0.3, -0.25) is 4.79 Å². The maximum absolute atomic E-state index is 11.7. The van der Waals surface area contributed by atoms with Gasteiger partial charge < -0.3 is 10.6 Å².